The van der Waals surface area contributed by atoms with Crippen LogP contribution in [0.1, 0.15) is 37.3 Å². The lowest BCUT2D eigenvalue weighted by Gasteiger charge is -2.33. The standard InChI is InChI=1S/C16H29N7/c1-12-20-21-15(22(12)3)10-18-16(17-2)19-14-6-8-23(9-7-14)11-13-4-5-13/h13-14H,4-11H2,1-3H3,(H2,17,18,19). The molecule has 2 aliphatic rings. The molecule has 7 nitrogen and oxygen atoms in total. The second-order valence-electron chi connectivity index (χ2n) is 6.81. The summed E-state index contributed by atoms with van der Waals surface area (Å²) in [6, 6.07) is 0.512. The first-order chi connectivity index (χ1) is 11.2. The zero-order valence-corrected chi connectivity index (χ0v) is 14.5. The Balaban J connectivity index is 1.41. The van der Waals surface area contributed by atoms with E-state index in [-0.39, 0.29) is 0 Å². The highest BCUT2D eigenvalue weighted by Gasteiger charge is 2.27. The molecule has 2 heterocycles. The monoisotopic (exact) mass is 319 g/mol. The van der Waals surface area contributed by atoms with Crippen LogP contribution >= 0.6 is 0 Å². The van der Waals surface area contributed by atoms with Crippen LogP contribution in [0.3, 0.4) is 0 Å². The highest BCUT2D eigenvalue weighted by atomic mass is 15.3. The first-order valence-electron chi connectivity index (χ1n) is 8.70. The van der Waals surface area contributed by atoms with E-state index in [0.717, 1.165) is 23.5 Å². The number of aliphatic imine (C=N–C) groups is 1. The van der Waals surface area contributed by atoms with Gasteiger partial charge in [0.2, 0.25) is 0 Å². The Bertz CT molecular complexity index is 539. The van der Waals surface area contributed by atoms with Gasteiger partial charge in [-0.2, -0.15) is 0 Å². The number of hydrogen-bond donors (Lipinski definition) is 2. The van der Waals surface area contributed by atoms with Crippen LogP contribution in [-0.2, 0) is 13.6 Å². The maximum Gasteiger partial charge on any atom is 0.191 e. The molecule has 0 unspecified atom stereocenters. The van der Waals surface area contributed by atoms with Gasteiger partial charge < -0.3 is 20.1 Å². The van der Waals surface area contributed by atoms with Crippen molar-refractivity contribution in [1.29, 1.82) is 0 Å². The summed E-state index contributed by atoms with van der Waals surface area (Å²) in [7, 11) is 3.80. The molecular weight excluding hydrogens is 290 g/mol. The zero-order valence-electron chi connectivity index (χ0n) is 14.5. The molecule has 1 saturated carbocycles. The van der Waals surface area contributed by atoms with Crippen LogP contribution in [0.15, 0.2) is 4.99 Å². The average molecular weight is 319 g/mol. The van der Waals surface area contributed by atoms with Gasteiger partial charge in [0.05, 0.1) is 6.54 Å². The van der Waals surface area contributed by atoms with Gasteiger partial charge in [0.15, 0.2) is 11.8 Å². The number of likely N-dealkylation sites (tertiary alicyclic amines) is 1. The number of nitrogens with one attached hydrogen (secondary N) is 2. The van der Waals surface area contributed by atoms with Gasteiger partial charge in [-0.05, 0) is 38.5 Å². The van der Waals surface area contributed by atoms with Crippen molar-refractivity contribution in [3.8, 4) is 0 Å². The van der Waals surface area contributed by atoms with Crippen LogP contribution in [0.2, 0.25) is 0 Å². The Hall–Kier alpha value is -1.63. The lowest BCUT2D eigenvalue weighted by atomic mass is 10.0. The molecule has 2 N–H and O–H groups in total. The van der Waals surface area contributed by atoms with Crippen molar-refractivity contribution in [3.05, 3.63) is 11.6 Å². The fourth-order valence-corrected chi connectivity index (χ4v) is 3.08. The van der Waals surface area contributed by atoms with Crippen LogP contribution in [0, 0.1) is 12.8 Å². The molecule has 3 rings (SSSR count). The Kier molecular flexibility index (Phi) is 5.15. The third-order valence-corrected chi connectivity index (χ3v) is 4.96. The van der Waals surface area contributed by atoms with E-state index in [9.17, 15) is 0 Å². The Morgan fingerprint density at radius 2 is 1.96 bits per heavy atom. The van der Waals surface area contributed by atoms with Crippen molar-refractivity contribution < 1.29 is 0 Å². The zero-order chi connectivity index (χ0) is 16.2. The number of piperidine rings is 1. The normalized spacial score (nSPS) is 20.7. The molecule has 128 valence electrons. The predicted octanol–water partition coefficient (Wildman–Crippen LogP) is 0.663. The molecule has 1 saturated heterocycles. The summed E-state index contributed by atoms with van der Waals surface area (Å²) < 4.78 is 2.00. The predicted molar refractivity (Wildman–Crippen MR) is 91.3 cm³/mol. The van der Waals surface area contributed by atoms with E-state index in [1.165, 1.54) is 45.3 Å². The number of nitrogens with zero attached hydrogens (tertiary/aromatic N) is 5. The van der Waals surface area contributed by atoms with Crippen LogP contribution in [0.25, 0.3) is 0 Å². The Morgan fingerprint density at radius 3 is 2.52 bits per heavy atom. The van der Waals surface area contributed by atoms with Gasteiger partial charge in [-0.1, -0.05) is 0 Å². The molecule has 1 aromatic heterocycles. The highest BCUT2D eigenvalue weighted by Crippen LogP contribution is 2.30. The average Bonchev–Trinajstić information content (AvgIpc) is 3.32. The molecule has 0 aromatic carbocycles. The summed E-state index contributed by atoms with van der Waals surface area (Å²) in [5.41, 5.74) is 0. The van der Waals surface area contributed by atoms with Gasteiger partial charge in [0.1, 0.15) is 5.82 Å². The third kappa shape index (κ3) is 4.43. The van der Waals surface area contributed by atoms with Crippen molar-refractivity contribution in [2.24, 2.45) is 18.0 Å². The second-order valence-corrected chi connectivity index (χ2v) is 6.81. The van der Waals surface area contributed by atoms with Crippen LogP contribution in [-0.4, -0.2) is 58.3 Å². The molecule has 2 fully saturated rings. The lowest BCUT2D eigenvalue weighted by molar-refractivity contribution is 0.198. The maximum absolute atomic E-state index is 4.33. The summed E-state index contributed by atoms with van der Waals surface area (Å²) in [5.74, 6) is 3.69. The number of guanidine groups is 1. The summed E-state index contributed by atoms with van der Waals surface area (Å²) in [6.07, 6.45) is 5.26. The van der Waals surface area contributed by atoms with Gasteiger partial charge in [-0.25, -0.2) is 0 Å². The van der Waals surface area contributed by atoms with E-state index in [0.29, 0.717) is 12.6 Å². The minimum absolute atomic E-state index is 0.512. The van der Waals surface area contributed by atoms with Crippen LogP contribution in [0.5, 0.6) is 0 Å². The summed E-state index contributed by atoms with van der Waals surface area (Å²) in [6.45, 7) is 6.31. The van der Waals surface area contributed by atoms with Gasteiger partial charge in [-0.3, -0.25) is 4.99 Å². The van der Waals surface area contributed by atoms with Gasteiger partial charge in [0, 0.05) is 39.8 Å². The molecule has 1 aromatic rings. The smallest absolute Gasteiger partial charge is 0.191 e. The first kappa shape index (κ1) is 16.2. The van der Waals surface area contributed by atoms with Crippen molar-refractivity contribution in [3.63, 3.8) is 0 Å². The summed E-state index contributed by atoms with van der Waals surface area (Å²) in [5, 5.41) is 15.1. The summed E-state index contributed by atoms with van der Waals surface area (Å²) >= 11 is 0. The molecule has 23 heavy (non-hydrogen) atoms. The van der Waals surface area contributed by atoms with Crippen molar-refractivity contribution in [2.75, 3.05) is 26.7 Å². The minimum atomic E-state index is 0.512. The van der Waals surface area contributed by atoms with Gasteiger partial charge >= 0.3 is 0 Å². The minimum Gasteiger partial charge on any atom is -0.354 e. The molecule has 0 amide bonds. The highest BCUT2D eigenvalue weighted by molar-refractivity contribution is 5.79. The van der Waals surface area contributed by atoms with Crippen LogP contribution < -0.4 is 10.6 Å². The Morgan fingerprint density at radius 1 is 1.22 bits per heavy atom. The summed E-state index contributed by atoms with van der Waals surface area (Å²) in [4.78, 5) is 6.95. The molecule has 7 heteroatoms. The molecule has 0 spiro atoms. The second kappa shape index (κ2) is 7.29. The molecule has 1 aliphatic carbocycles. The van der Waals surface area contributed by atoms with Crippen LogP contribution in [0.4, 0.5) is 0 Å². The van der Waals surface area contributed by atoms with E-state index in [1.807, 2.05) is 25.6 Å². The topological polar surface area (TPSA) is 70.4 Å². The third-order valence-electron chi connectivity index (χ3n) is 4.96. The van der Waals surface area contributed by atoms with Gasteiger partial charge in [-0.15, -0.1) is 10.2 Å². The van der Waals surface area contributed by atoms with Crippen molar-refractivity contribution >= 4 is 5.96 Å². The molecule has 0 radical (unpaired) electrons. The number of aryl methyl sites for hydroxylation is 1. The largest absolute Gasteiger partial charge is 0.354 e. The fraction of sp³-hybridized carbons (Fsp3) is 0.812. The molecular formula is C16H29N7. The number of hydrogen-bond acceptors (Lipinski definition) is 4. The van der Waals surface area contributed by atoms with Gasteiger partial charge in [0.25, 0.3) is 0 Å². The lowest BCUT2D eigenvalue weighted by Crippen LogP contribution is -2.48. The SMILES string of the molecule is CN=C(NCc1nnc(C)n1C)NC1CCN(CC2CC2)CC1. The molecule has 1 aliphatic heterocycles. The number of rotatable bonds is 5. The molecule has 0 bridgehead atoms. The van der Waals surface area contributed by atoms with E-state index in [1.54, 1.807) is 0 Å². The molecule has 0 atom stereocenters. The van der Waals surface area contributed by atoms with E-state index in [2.05, 4.69) is 30.7 Å². The first-order valence-corrected chi connectivity index (χ1v) is 8.70. The van der Waals surface area contributed by atoms with E-state index < -0.39 is 0 Å². The number of aromatic nitrogens is 3. The fourth-order valence-electron chi connectivity index (χ4n) is 3.08. The van der Waals surface area contributed by atoms with Crippen molar-refractivity contribution in [1.82, 2.24) is 30.3 Å². The maximum atomic E-state index is 4.33. The Labute approximate surface area is 138 Å². The van der Waals surface area contributed by atoms with Crippen molar-refractivity contribution in [2.45, 2.75) is 45.2 Å². The quantitative estimate of drug-likeness (QED) is 0.616. The van der Waals surface area contributed by atoms with E-state index in [4.69, 9.17) is 0 Å². The van der Waals surface area contributed by atoms with E-state index >= 15 is 0 Å².